The maximum atomic E-state index is 10.7. The van der Waals surface area contributed by atoms with E-state index < -0.39 is 5.97 Å². The number of nitrogens with two attached hydrogens (primary N) is 1. The maximum absolute atomic E-state index is 10.7. The van der Waals surface area contributed by atoms with E-state index in [9.17, 15) is 4.79 Å². The van der Waals surface area contributed by atoms with Gasteiger partial charge in [0.1, 0.15) is 0 Å². The number of carboxylic acids is 1. The van der Waals surface area contributed by atoms with Crippen LogP contribution in [0.1, 0.15) is 16.1 Å². The van der Waals surface area contributed by atoms with E-state index in [1.807, 2.05) is 19.1 Å². The zero-order chi connectivity index (χ0) is 11.0. The predicted octanol–water partition coefficient (Wildman–Crippen LogP) is 1.22. The number of hydrogen-bond donors (Lipinski definition) is 2. The first-order valence-corrected chi connectivity index (χ1v) is 4.35. The molecule has 0 aliphatic heterocycles. The van der Waals surface area contributed by atoms with Gasteiger partial charge in [0.15, 0.2) is 5.69 Å². The van der Waals surface area contributed by atoms with E-state index in [4.69, 9.17) is 10.8 Å². The minimum atomic E-state index is -1.16. The zero-order valence-corrected chi connectivity index (χ0v) is 8.06. The summed E-state index contributed by atoms with van der Waals surface area (Å²) >= 11 is 0. The monoisotopic (exact) mass is 203 g/mol. The van der Waals surface area contributed by atoms with Crippen LogP contribution < -0.4 is 5.73 Å². The number of rotatable bonds is 1. The molecule has 1 heterocycles. The topological polar surface area (TPSA) is 89.1 Å². The van der Waals surface area contributed by atoms with Crippen LogP contribution >= 0.6 is 0 Å². The second kappa shape index (κ2) is 3.20. The predicted molar refractivity (Wildman–Crippen MR) is 55.6 cm³/mol. The minimum Gasteiger partial charge on any atom is -0.476 e. The maximum Gasteiger partial charge on any atom is 0.358 e. The Hall–Kier alpha value is -2.17. The molecule has 5 nitrogen and oxygen atoms in total. The van der Waals surface area contributed by atoms with Crippen molar-refractivity contribution in [2.24, 2.45) is 0 Å². The molecular formula is C10H9N3O2. The summed E-state index contributed by atoms with van der Waals surface area (Å²) in [6, 6.07) is 5.41. The standard InChI is InChI=1S/C10H9N3O2/c1-5-2-3-6-7(4-5)12-13-9(8(6)11)10(14)15/h2-4H,1H3,(H2,11,12)(H,14,15). The molecule has 0 spiro atoms. The van der Waals surface area contributed by atoms with Crippen molar-refractivity contribution in [3.05, 3.63) is 29.5 Å². The average molecular weight is 203 g/mol. The van der Waals surface area contributed by atoms with Gasteiger partial charge in [0, 0.05) is 5.39 Å². The Morgan fingerprint density at radius 3 is 2.80 bits per heavy atom. The molecule has 0 radical (unpaired) electrons. The number of anilines is 1. The van der Waals surface area contributed by atoms with Gasteiger partial charge in [-0.1, -0.05) is 12.1 Å². The summed E-state index contributed by atoms with van der Waals surface area (Å²) in [4.78, 5) is 10.7. The highest BCUT2D eigenvalue weighted by atomic mass is 16.4. The van der Waals surface area contributed by atoms with Gasteiger partial charge in [0.2, 0.25) is 0 Å². The van der Waals surface area contributed by atoms with Crippen LogP contribution in [0.5, 0.6) is 0 Å². The number of aromatic carboxylic acids is 1. The molecule has 0 fully saturated rings. The Kier molecular flexibility index (Phi) is 2.00. The highest BCUT2D eigenvalue weighted by molar-refractivity contribution is 6.01. The molecule has 15 heavy (non-hydrogen) atoms. The largest absolute Gasteiger partial charge is 0.476 e. The fourth-order valence-corrected chi connectivity index (χ4v) is 1.40. The number of hydrogen-bond acceptors (Lipinski definition) is 4. The Morgan fingerprint density at radius 1 is 1.40 bits per heavy atom. The van der Waals surface area contributed by atoms with Crippen LogP contribution in [-0.2, 0) is 0 Å². The van der Waals surface area contributed by atoms with E-state index in [0.717, 1.165) is 5.56 Å². The van der Waals surface area contributed by atoms with Crippen molar-refractivity contribution in [2.45, 2.75) is 6.92 Å². The number of carboxylic acid groups (broad SMARTS) is 1. The van der Waals surface area contributed by atoms with Crippen LogP contribution in [0.2, 0.25) is 0 Å². The lowest BCUT2D eigenvalue weighted by molar-refractivity contribution is 0.0691. The van der Waals surface area contributed by atoms with Gasteiger partial charge in [-0.25, -0.2) is 4.79 Å². The van der Waals surface area contributed by atoms with Gasteiger partial charge in [-0.2, -0.15) is 0 Å². The minimum absolute atomic E-state index is 0.160. The van der Waals surface area contributed by atoms with Crippen molar-refractivity contribution in [3.63, 3.8) is 0 Å². The highest BCUT2D eigenvalue weighted by Crippen LogP contribution is 2.21. The Labute approximate surface area is 85.5 Å². The third-order valence-electron chi connectivity index (χ3n) is 2.16. The number of aromatic nitrogens is 2. The summed E-state index contributed by atoms with van der Waals surface area (Å²) < 4.78 is 0. The second-order valence-corrected chi connectivity index (χ2v) is 3.29. The number of fused-ring (bicyclic) bond motifs is 1. The van der Waals surface area contributed by atoms with Crippen LogP contribution in [0.15, 0.2) is 18.2 Å². The van der Waals surface area contributed by atoms with Crippen molar-refractivity contribution in [3.8, 4) is 0 Å². The summed E-state index contributed by atoms with van der Waals surface area (Å²) in [5.41, 5.74) is 7.28. The van der Waals surface area contributed by atoms with Gasteiger partial charge in [-0.3, -0.25) is 0 Å². The van der Waals surface area contributed by atoms with E-state index in [1.165, 1.54) is 0 Å². The fourth-order valence-electron chi connectivity index (χ4n) is 1.40. The van der Waals surface area contributed by atoms with Crippen LogP contribution in [0.3, 0.4) is 0 Å². The summed E-state index contributed by atoms with van der Waals surface area (Å²) in [5, 5.41) is 16.8. The number of nitrogens with zero attached hydrogens (tertiary/aromatic N) is 2. The molecule has 0 saturated heterocycles. The first kappa shape index (κ1) is 9.39. The normalized spacial score (nSPS) is 10.5. The average Bonchev–Trinajstić information content (AvgIpc) is 2.17. The molecule has 1 aromatic heterocycles. The molecule has 1 aromatic carbocycles. The van der Waals surface area contributed by atoms with Gasteiger partial charge in [0.05, 0.1) is 11.2 Å². The summed E-state index contributed by atoms with van der Waals surface area (Å²) in [7, 11) is 0. The summed E-state index contributed by atoms with van der Waals surface area (Å²) in [5.74, 6) is -1.16. The van der Waals surface area contributed by atoms with Gasteiger partial charge < -0.3 is 10.8 Å². The SMILES string of the molecule is Cc1ccc2c(N)c(C(=O)O)nnc2c1. The summed E-state index contributed by atoms with van der Waals surface area (Å²) in [6.45, 7) is 1.92. The first-order chi connectivity index (χ1) is 7.09. The second-order valence-electron chi connectivity index (χ2n) is 3.29. The lowest BCUT2D eigenvalue weighted by Gasteiger charge is -2.03. The first-order valence-electron chi connectivity index (χ1n) is 4.35. The lowest BCUT2D eigenvalue weighted by atomic mass is 10.1. The highest BCUT2D eigenvalue weighted by Gasteiger charge is 2.13. The van der Waals surface area contributed by atoms with Crippen molar-refractivity contribution in [2.75, 3.05) is 5.73 Å². The van der Waals surface area contributed by atoms with Crippen molar-refractivity contribution in [1.29, 1.82) is 0 Å². The number of aryl methyl sites for hydroxylation is 1. The number of nitrogen functional groups attached to an aromatic ring is 1. The van der Waals surface area contributed by atoms with Crippen LogP contribution in [0, 0.1) is 6.92 Å². The van der Waals surface area contributed by atoms with E-state index in [2.05, 4.69) is 10.2 Å². The molecule has 76 valence electrons. The van der Waals surface area contributed by atoms with Gasteiger partial charge in [-0.05, 0) is 18.6 Å². The van der Waals surface area contributed by atoms with Gasteiger partial charge in [0.25, 0.3) is 0 Å². The molecular weight excluding hydrogens is 194 g/mol. The van der Waals surface area contributed by atoms with Crippen LogP contribution in [-0.4, -0.2) is 21.3 Å². The molecule has 0 aliphatic carbocycles. The number of benzene rings is 1. The van der Waals surface area contributed by atoms with E-state index in [-0.39, 0.29) is 11.4 Å². The van der Waals surface area contributed by atoms with E-state index >= 15 is 0 Å². The molecule has 0 saturated carbocycles. The number of carbonyl (C=O) groups is 1. The molecule has 0 bridgehead atoms. The van der Waals surface area contributed by atoms with Crippen LogP contribution in [0.25, 0.3) is 10.9 Å². The molecule has 2 aromatic rings. The summed E-state index contributed by atoms with van der Waals surface area (Å²) in [6.07, 6.45) is 0. The van der Waals surface area contributed by atoms with Crippen molar-refractivity contribution in [1.82, 2.24) is 10.2 Å². The molecule has 0 atom stereocenters. The van der Waals surface area contributed by atoms with E-state index in [0.29, 0.717) is 10.9 Å². The lowest BCUT2D eigenvalue weighted by Crippen LogP contribution is -2.07. The molecule has 3 N–H and O–H groups in total. The quantitative estimate of drug-likeness (QED) is 0.727. The van der Waals surface area contributed by atoms with Crippen LogP contribution in [0.4, 0.5) is 5.69 Å². The van der Waals surface area contributed by atoms with E-state index in [1.54, 1.807) is 6.07 Å². The molecule has 5 heteroatoms. The molecule has 0 amide bonds. The Balaban J connectivity index is 2.80. The third-order valence-corrected chi connectivity index (χ3v) is 2.16. The molecule has 0 aliphatic rings. The fraction of sp³-hybridized carbons (Fsp3) is 0.100. The third kappa shape index (κ3) is 1.48. The Bertz CT molecular complexity index is 552. The van der Waals surface area contributed by atoms with Gasteiger partial charge >= 0.3 is 5.97 Å². The smallest absolute Gasteiger partial charge is 0.358 e. The molecule has 0 unspecified atom stereocenters. The van der Waals surface area contributed by atoms with Gasteiger partial charge in [-0.15, -0.1) is 10.2 Å². The zero-order valence-electron chi connectivity index (χ0n) is 8.06. The molecule has 2 rings (SSSR count). The van der Waals surface area contributed by atoms with Crippen molar-refractivity contribution < 1.29 is 9.90 Å². The Morgan fingerprint density at radius 2 is 2.13 bits per heavy atom. The van der Waals surface area contributed by atoms with Crippen molar-refractivity contribution >= 4 is 22.6 Å².